The summed E-state index contributed by atoms with van der Waals surface area (Å²) in [6, 6.07) is 9.28. The second-order valence-corrected chi connectivity index (χ2v) is 5.94. The summed E-state index contributed by atoms with van der Waals surface area (Å²) in [5.41, 5.74) is 2.70. The van der Waals surface area contributed by atoms with E-state index in [-0.39, 0.29) is 0 Å². The molecule has 0 amide bonds. The number of aryl methyl sites for hydroxylation is 1. The van der Waals surface area contributed by atoms with Crippen molar-refractivity contribution in [3.05, 3.63) is 35.4 Å². The molecule has 0 radical (unpaired) electrons. The van der Waals surface area contributed by atoms with Crippen LogP contribution in [0.2, 0.25) is 0 Å². The maximum absolute atomic E-state index is 5.70. The van der Waals surface area contributed by atoms with Crippen LogP contribution in [0, 0.1) is 6.92 Å². The van der Waals surface area contributed by atoms with Gasteiger partial charge in [0.1, 0.15) is 0 Å². The fourth-order valence-electron chi connectivity index (χ4n) is 2.85. The molecular formula is C17H28N2O. The van der Waals surface area contributed by atoms with E-state index in [0.717, 1.165) is 26.1 Å². The van der Waals surface area contributed by atoms with Crippen molar-refractivity contribution in [2.45, 2.75) is 38.3 Å². The van der Waals surface area contributed by atoms with Crippen molar-refractivity contribution < 1.29 is 4.74 Å². The zero-order valence-electron chi connectivity index (χ0n) is 13.1. The lowest BCUT2D eigenvalue weighted by Gasteiger charge is -2.24. The number of likely N-dealkylation sites (N-methyl/N-ethyl adjacent to an activating group) is 1. The number of nitrogens with one attached hydrogen (secondary N) is 1. The normalized spacial score (nSPS) is 20.5. The van der Waals surface area contributed by atoms with E-state index in [4.69, 9.17) is 4.74 Å². The molecule has 0 bridgehead atoms. The first-order valence-corrected chi connectivity index (χ1v) is 7.73. The molecule has 2 unspecified atom stereocenters. The predicted molar refractivity (Wildman–Crippen MR) is 84.1 cm³/mol. The first kappa shape index (κ1) is 15.5. The number of nitrogens with zero attached hydrogens (tertiary/aromatic N) is 1. The van der Waals surface area contributed by atoms with Crippen LogP contribution in [0.5, 0.6) is 0 Å². The third-order valence-corrected chi connectivity index (χ3v) is 4.17. The zero-order valence-corrected chi connectivity index (χ0v) is 13.1. The Hall–Kier alpha value is -0.900. The van der Waals surface area contributed by atoms with E-state index in [1.807, 2.05) is 7.05 Å². The van der Waals surface area contributed by atoms with Gasteiger partial charge in [-0.3, -0.25) is 0 Å². The van der Waals surface area contributed by atoms with Gasteiger partial charge in [0.2, 0.25) is 0 Å². The van der Waals surface area contributed by atoms with E-state index in [0.29, 0.717) is 12.1 Å². The fraction of sp³-hybridized carbons (Fsp3) is 0.647. The largest absolute Gasteiger partial charge is 0.377 e. The molecule has 2 rings (SSSR count). The number of hydrogen-bond acceptors (Lipinski definition) is 3. The Kier molecular flexibility index (Phi) is 6.02. The van der Waals surface area contributed by atoms with E-state index in [2.05, 4.69) is 48.5 Å². The molecule has 112 valence electrons. The lowest BCUT2D eigenvalue weighted by Crippen LogP contribution is -2.31. The van der Waals surface area contributed by atoms with Crippen molar-refractivity contribution in [2.75, 3.05) is 33.8 Å². The number of hydrogen-bond donors (Lipinski definition) is 1. The summed E-state index contributed by atoms with van der Waals surface area (Å²) < 4.78 is 5.70. The number of ether oxygens (including phenoxy) is 1. The minimum Gasteiger partial charge on any atom is -0.377 e. The Morgan fingerprint density at radius 1 is 1.35 bits per heavy atom. The summed E-state index contributed by atoms with van der Waals surface area (Å²) in [4.78, 5) is 2.40. The molecule has 1 aliphatic heterocycles. The van der Waals surface area contributed by atoms with Gasteiger partial charge in [0.25, 0.3) is 0 Å². The molecule has 1 aromatic carbocycles. The van der Waals surface area contributed by atoms with Gasteiger partial charge in [-0.25, -0.2) is 0 Å². The van der Waals surface area contributed by atoms with Crippen LogP contribution in [0.4, 0.5) is 0 Å². The standard InChI is InChI=1S/C17H28N2O/c1-14-6-8-15(9-7-14)17(18-2)10-11-19(3)13-16-5-4-12-20-16/h6-9,16-18H,4-5,10-13H2,1-3H3. The van der Waals surface area contributed by atoms with Gasteiger partial charge in [0, 0.05) is 19.2 Å². The molecule has 0 spiro atoms. The van der Waals surface area contributed by atoms with Crippen molar-refractivity contribution in [2.24, 2.45) is 0 Å². The summed E-state index contributed by atoms with van der Waals surface area (Å²) >= 11 is 0. The monoisotopic (exact) mass is 276 g/mol. The summed E-state index contributed by atoms with van der Waals surface area (Å²) in [5.74, 6) is 0. The Morgan fingerprint density at radius 2 is 2.10 bits per heavy atom. The van der Waals surface area contributed by atoms with Crippen LogP contribution in [0.25, 0.3) is 0 Å². The highest BCUT2D eigenvalue weighted by Crippen LogP contribution is 2.18. The molecular weight excluding hydrogens is 248 g/mol. The van der Waals surface area contributed by atoms with Crippen LogP contribution in [-0.2, 0) is 4.74 Å². The average molecular weight is 276 g/mol. The van der Waals surface area contributed by atoms with E-state index in [1.54, 1.807) is 0 Å². The van der Waals surface area contributed by atoms with Gasteiger partial charge in [-0.15, -0.1) is 0 Å². The molecule has 1 heterocycles. The summed E-state index contributed by atoms with van der Waals surface area (Å²) in [6.07, 6.45) is 4.02. The molecule has 1 N–H and O–H groups in total. The molecule has 3 nitrogen and oxygen atoms in total. The fourth-order valence-corrected chi connectivity index (χ4v) is 2.85. The molecule has 20 heavy (non-hydrogen) atoms. The van der Waals surface area contributed by atoms with Crippen molar-refractivity contribution in [1.82, 2.24) is 10.2 Å². The molecule has 0 aliphatic carbocycles. The zero-order chi connectivity index (χ0) is 14.4. The molecule has 1 aliphatic rings. The first-order valence-electron chi connectivity index (χ1n) is 7.73. The Labute approximate surface area is 123 Å². The van der Waals surface area contributed by atoms with Gasteiger partial charge >= 0.3 is 0 Å². The van der Waals surface area contributed by atoms with Crippen LogP contribution in [-0.4, -0.2) is 44.8 Å². The van der Waals surface area contributed by atoms with E-state index >= 15 is 0 Å². The summed E-state index contributed by atoms with van der Waals surface area (Å²) in [5, 5.41) is 3.43. The first-order chi connectivity index (χ1) is 9.69. The second kappa shape index (κ2) is 7.77. The molecule has 1 saturated heterocycles. The SMILES string of the molecule is CNC(CCN(C)CC1CCCO1)c1ccc(C)cc1. The van der Waals surface area contributed by atoms with Crippen LogP contribution < -0.4 is 5.32 Å². The summed E-state index contributed by atoms with van der Waals surface area (Å²) in [6.45, 7) is 5.23. The highest BCUT2D eigenvalue weighted by molar-refractivity contribution is 5.24. The number of benzene rings is 1. The van der Waals surface area contributed by atoms with Gasteiger partial charge < -0.3 is 15.0 Å². The van der Waals surface area contributed by atoms with Crippen LogP contribution in [0.15, 0.2) is 24.3 Å². The Morgan fingerprint density at radius 3 is 2.70 bits per heavy atom. The molecule has 3 heteroatoms. The van der Waals surface area contributed by atoms with Gasteiger partial charge in [-0.2, -0.15) is 0 Å². The molecule has 2 atom stereocenters. The maximum Gasteiger partial charge on any atom is 0.0702 e. The van der Waals surface area contributed by atoms with Gasteiger partial charge in [-0.1, -0.05) is 29.8 Å². The van der Waals surface area contributed by atoms with Crippen molar-refractivity contribution in [3.8, 4) is 0 Å². The molecule has 0 saturated carbocycles. The maximum atomic E-state index is 5.70. The average Bonchev–Trinajstić information content (AvgIpc) is 2.94. The molecule has 1 fully saturated rings. The molecule has 1 aromatic rings. The van der Waals surface area contributed by atoms with E-state index < -0.39 is 0 Å². The lowest BCUT2D eigenvalue weighted by molar-refractivity contribution is 0.0801. The third-order valence-electron chi connectivity index (χ3n) is 4.17. The quantitative estimate of drug-likeness (QED) is 0.829. The van der Waals surface area contributed by atoms with Crippen molar-refractivity contribution in [1.29, 1.82) is 0 Å². The Balaban J connectivity index is 1.79. The highest BCUT2D eigenvalue weighted by atomic mass is 16.5. The summed E-state index contributed by atoms with van der Waals surface area (Å²) in [7, 11) is 4.24. The smallest absolute Gasteiger partial charge is 0.0702 e. The minimum absolute atomic E-state index is 0.433. The van der Waals surface area contributed by atoms with Crippen molar-refractivity contribution >= 4 is 0 Å². The minimum atomic E-state index is 0.433. The second-order valence-electron chi connectivity index (χ2n) is 5.94. The Bertz CT molecular complexity index is 384. The van der Waals surface area contributed by atoms with Gasteiger partial charge in [0.15, 0.2) is 0 Å². The van der Waals surface area contributed by atoms with E-state index in [1.165, 1.54) is 24.0 Å². The van der Waals surface area contributed by atoms with Crippen LogP contribution >= 0.6 is 0 Å². The van der Waals surface area contributed by atoms with Gasteiger partial charge in [-0.05, 0) is 52.4 Å². The highest BCUT2D eigenvalue weighted by Gasteiger charge is 2.18. The van der Waals surface area contributed by atoms with Crippen LogP contribution in [0.3, 0.4) is 0 Å². The van der Waals surface area contributed by atoms with Crippen molar-refractivity contribution in [3.63, 3.8) is 0 Å². The predicted octanol–water partition coefficient (Wildman–Crippen LogP) is 2.76. The number of rotatable bonds is 7. The van der Waals surface area contributed by atoms with Gasteiger partial charge in [0.05, 0.1) is 6.10 Å². The topological polar surface area (TPSA) is 24.5 Å². The third kappa shape index (κ3) is 4.58. The van der Waals surface area contributed by atoms with Crippen LogP contribution in [0.1, 0.15) is 36.4 Å². The molecule has 0 aromatic heterocycles. The lowest BCUT2D eigenvalue weighted by atomic mass is 10.0. The van der Waals surface area contributed by atoms with E-state index in [9.17, 15) is 0 Å².